The maximum Gasteiger partial charge on any atom is 0.287 e. The van der Waals surface area contributed by atoms with Crippen LogP contribution in [-0.4, -0.2) is 12.5 Å². The molecule has 106 valence electrons. The molecular weight excluding hydrogens is 330 g/mol. The molecule has 4 heteroatoms. The molecule has 3 nitrogen and oxygen atoms in total. The highest BCUT2D eigenvalue weighted by Gasteiger charge is 2.11. The molecule has 3 rings (SSSR count). The summed E-state index contributed by atoms with van der Waals surface area (Å²) in [5.74, 6) is 0.176. The number of furan rings is 1. The van der Waals surface area contributed by atoms with Gasteiger partial charge in [0.2, 0.25) is 0 Å². The van der Waals surface area contributed by atoms with Crippen LogP contribution >= 0.6 is 15.9 Å². The maximum atomic E-state index is 12.0. The summed E-state index contributed by atoms with van der Waals surface area (Å²) in [6.45, 7) is 0.581. The third kappa shape index (κ3) is 3.34. The van der Waals surface area contributed by atoms with Gasteiger partial charge in [0.1, 0.15) is 5.58 Å². The molecule has 1 N–H and O–H groups in total. The Bertz CT molecular complexity index is 729. The molecular formula is C17H14BrNO2. The summed E-state index contributed by atoms with van der Waals surface area (Å²) < 4.78 is 6.58. The van der Waals surface area contributed by atoms with Crippen LogP contribution in [0, 0.1) is 0 Å². The van der Waals surface area contributed by atoms with Crippen molar-refractivity contribution in [1.82, 2.24) is 5.32 Å². The monoisotopic (exact) mass is 343 g/mol. The number of benzene rings is 2. The molecule has 2 aromatic carbocycles. The van der Waals surface area contributed by atoms with Gasteiger partial charge < -0.3 is 9.73 Å². The number of carbonyl (C=O) groups excluding carboxylic acids is 1. The van der Waals surface area contributed by atoms with Crippen molar-refractivity contribution in [3.05, 3.63) is 70.4 Å². The van der Waals surface area contributed by atoms with Crippen LogP contribution in [0.2, 0.25) is 0 Å². The van der Waals surface area contributed by atoms with Crippen molar-refractivity contribution < 1.29 is 9.21 Å². The fourth-order valence-corrected chi connectivity index (χ4v) is 2.42. The van der Waals surface area contributed by atoms with E-state index in [1.54, 1.807) is 6.07 Å². The Labute approximate surface area is 131 Å². The Morgan fingerprint density at radius 2 is 1.86 bits per heavy atom. The fourth-order valence-electron chi connectivity index (χ4n) is 2.15. The van der Waals surface area contributed by atoms with Gasteiger partial charge in [0, 0.05) is 16.4 Å². The number of fused-ring (bicyclic) bond motifs is 1. The molecule has 0 spiro atoms. The van der Waals surface area contributed by atoms with Gasteiger partial charge in [-0.3, -0.25) is 4.79 Å². The molecule has 0 unspecified atom stereocenters. The number of amides is 1. The Balaban J connectivity index is 1.60. The Hall–Kier alpha value is -2.07. The van der Waals surface area contributed by atoms with Crippen molar-refractivity contribution in [2.45, 2.75) is 6.42 Å². The third-order valence-electron chi connectivity index (χ3n) is 3.26. The molecule has 0 fully saturated rings. The number of rotatable bonds is 4. The van der Waals surface area contributed by atoms with E-state index in [9.17, 15) is 4.79 Å². The summed E-state index contributed by atoms with van der Waals surface area (Å²) in [7, 11) is 0. The third-order valence-corrected chi connectivity index (χ3v) is 3.79. The van der Waals surface area contributed by atoms with E-state index in [0.29, 0.717) is 12.3 Å². The minimum Gasteiger partial charge on any atom is -0.451 e. The zero-order valence-electron chi connectivity index (χ0n) is 11.3. The topological polar surface area (TPSA) is 42.2 Å². The molecule has 1 aromatic heterocycles. The molecule has 0 atom stereocenters. The predicted octanol–water partition coefficient (Wildman–Crippen LogP) is 4.17. The average molecular weight is 344 g/mol. The quantitative estimate of drug-likeness (QED) is 0.772. The Kier molecular flexibility index (Phi) is 4.06. The van der Waals surface area contributed by atoms with Crippen molar-refractivity contribution >= 4 is 32.8 Å². The van der Waals surface area contributed by atoms with Gasteiger partial charge in [-0.25, -0.2) is 0 Å². The lowest BCUT2D eigenvalue weighted by molar-refractivity contribution is 0.0928. The number of hydrogen-bond acceptors (Lipinski definition) is 2. The van der Waals surface area contributed by atoms with E-state index in [0.717, 1.165) is 21.9 Å². The zero-order chi connectivity index (χ0) is 14.7. The Morgan fingerprint density at radius 3 is 2.62 bits per heavy atom. The Morgan fingerprint density at radius 1 is 1.10 bits per heavy atom. The van der Waals surface area contributed by atoms with Crippen LogP contribution in [0.3, 0.4) is 0 Å². The average Bonchev–Trinajstić information content (AvgIpc) is 2.93. The highest BCUT2D eigenvalue weighted by atomic mass is 79.9. The predicted molar refractivity (Wildman–Crippen MR) is 86.4 cm³/mol. The summed E-state index contributed by atoms with van der Waals surface area (Å²) in [6.07, 6.45) is 0.791. The van der Waals surface area contributed by atoms with Crippen molar-refractivity contribution in [1.29, 1.82) is 0 Å². The van der Waals surface area contributed by atoms with Gasteiger partial charge in [0.15, 0.2) is 5.76 Å². The highest BCUT2D eigenvalue weighted by Crippen LogP contribution is 2.18. The van der Waals surface area contributed by atoms with Gasteiger partial charge in [0.25, 0.3) is 5.91 Å². The smallest absolute Gasteiger partial charge is 0.287 e. The second-order valence-corrected chi connectivity index (χ2v) is 5.70. The number of hydrogen-bond donors (Lipinski definition) is 1. The minimum absolute atomic E-state index is 0.177. The molecule has 1 amide bonds. The van der Waals surface area contributed by atoms with E-state index in [1.807, 2.05) is 48.5 Å². The lowest BCUT2D eigenvalue weighted by Gasteiger charge is -2.03. The standard InChI is InChI=1S/C17H14BrNO2/c18-14-7-5-12(6-8-14)9-10-19-17(20)16-11-13-3-1-2-4-15(13)21-16/h1-8,11H,9-10H2,(H,19,20). The van der Waals surface area contributed by atoms with Crippen molar-refractivity contribution in [2.75, 3.05) is 6.54 Å². The number of nitrogens with one attached hydrogen (secondary N) is 1. The SMILES string of the molecule is O=C(NCCc1ccc(Br)cc1)c1cc2ccccc2o1. The molecule has 21 heavy (non-hydrogen) atoms. The van der Waals surface area contributed by atoms with Gasteiger partial charge in [-0.05, 0) is 36.2 Å². The summed E-state index contributed by atoms with van der Waals surface area (Å²) in [5, 5.41) is 3.82. The van der Waals surface area contributed by atoms with Gasteiger partial charge in [-0.2, -0.15) is 0 Å². The highest BCUT2D eigenvalue weighted by molar-refractivity contribution is 9.10. The number of para-hydroxylation sites is 1. The van der Waals surface area contributed by atoms with Crippen LogP contribution in [0.15, 0.2) is 63.5 Å². The molecule has 0 bridgehead atoms. The van der Waals surface area contributed by atoms with E-state index in [4.69, 9.17) is 4.42 Å². The molecule has 0 saturated heterocycles. The summed E-state index contributed by atoms with van der Waals surface area (Å²) in [4.78, 5) is 12.0. The van der Waals surface area contributed by atoms with Gasteiger partial charge in [0.05, 0.1) is 0 Å². The normalized spacial score (nSPS) is 10.7. The maximum absolute atomic E-state index is 12.0. The second-order valence-electron chi connectivity index (χ2n) is 4.78. The van der Waals surface area contributed by atoms with Crippen LogP contribution in [-0.2, 0) is 6.42 Å². The molecule has 1 heterocycles. The first-order valence-electron chi connectivity index (χ1n) is 6.73. The van der Waals surface area contributed by atoms with E-state index in [-0.39, 0.29) is 5.91 Å². The molecule has 0 aliphatic carbocycles. The van der Waals surface area contributed by atoms with Crippen LogP contribution < -0.4 is 5.32 Å². The molecule has 0 aliphatic rings. The summed E-state index contributed by atoms with van der Waals surface area (Å²) >= 11 is 3.40. The second kappa shape index (κ2) is 6.14. The van der Waals surface area contributed by atoms with Crippen LogP contribution in [0.1, 0.15) is 16.1 Å². The van der Waals surface area contributed by atoms with E-state index in [1.165, 1.54) is 5.56 Å². The fraction of sp³-hybridized carbons (Fsp3) is 0.118. The van der Waals surface area contributed by atoms with Gasteiger partial charge >= 0.3 is 0 Å². The molecule has 0 saturated carbocycles. The van der Waals surface area contributed by atoms with Crippen LogP contribution in [0.5, 0.6) is 0 Å². The van der Waals surface area contributed by atoms with Crippen LogP contribution in [0.4, 0.5) is 0 Å². The van der Waals surface area contributed by atoms with Crippen molar-refractivity contribution in [3.8, 4) is 0 Å². The lowest BCUT2D eigenvalue weighted by atomic mass is 10.1. The van der Waals surface area contributed by atoms with Crippen molar-refractivity contribution in [3.63, 3.8) is 0 Å². The zero-order valence-corrected chi connectivity index (χ0v) is 12.9. The first-order valence-corrected chi connectivity index (χ1v) is 7.53. The van der Waals surface area contributed by atoms with E-state index in [2.05, 4.69) is 21.2 Å². The first-order chi connectivity index (χ1) is 10.2. The lowest BCUT2D eigenvalue weighted by Crippen LogP contribution is -2.25. The first kappa shape index (κ1) is 13.9. The van der Waals surface area contributed by atoms with E-state index < -0.39 is 0 Å². The summed E-state index contributed by atoms with van der Waals surface area (Å²) in [6, 6.07) is 17.4. The molecule has 3 aromatic rings. The molecule has 0 radical (unpaired) electrons. The van der Waals surface area contributed by atoms with Gasteiger partial charge in [-0.1, -0.05) is 46.3 Å². The minimum atomic E-state index is -0.177. The molecule has 0 aliphatic heterocycles. The number of halogens is 1. The van der Waals surface area contributed by atoms with Crippen LogP contribution in [0.25, 0.3) is 11.0 Å². The summed E-state index contributed by atoms with van der Waals surface area (Å²) in [5.41, 5.74) is 1.92. The van der Waals surface area contributed by atoms with E-state index >= 15 is 0 Å². The van der Waals surface area contributed by atoms with Gasteiger partial charge in [-0.15, -0.1) is 0 Å². The largest absolute Gasteiger partial charge is 0.451 e. The van der Waals surface area contributed by atoms with Crippen molar-refractivity contribution in [2.24, 2.45) is 0 Å². The number of carbonyl (C=O) groups is 1.